The van der Waals surface area contributed by atoms with E-state index in [0.29, 0.717) is 12.1 Å². The largest absolute Gasteiger partial charge is 0.371 e. The number of hydrogen-bond donors (Lipinski definition) is 0. The van der Waals surface area contributed by atoms with Crippen molar-refractivity contribution in [2.24, 2.45) is 13.0 Å². The molecule has 1 aliphatic heterocycles. The number of para-hydroxylation sites is 2. The number of fused-ring (bicyclic) bond motifs is 1. The van der Waals surface area contributed by atoms with Crippen LogP contribution in [0.25, 0.3) is 11.0 Å². The van der Waals surface area contributed by atoms with Crippen LogP contribution in [0.2, 0.25) is 0 Å². The Hall–Kier alpha value is -3.15. The van der Waals surface area contributed by atoms with Gasteiger partial charge >= 0.3 is 0 Å². The lowest BCUT2D eigenvalue weighted by Crippen LogP contribution is -2.41. The maximum atomic E-state index is 13.0. The molecular weight excluding hydrogens is 364 g/mol. The molecule has 1 fully saturated rings. The monoisotopic (exact) mass is 390 g/mol. The molecule has 29 heavy (non-hydrogen) atoms. The van der Waals surface area contributed by atoms with Crippen LogP contribution in [0.4, 0.5) is 5.69 Å². The molecule has 0 radical (unpaired) electrons. The van der Waals surface area contributed by atoms with Crippen LogP contribution in [-0.2, 0) is 18.4 Å². The average molecular weight is 390 g/mol. The Morgan fingerprint density at radius 3 is 2.48 bits per heavy atom. The van der Waals surface area contributed by atoms with Crippen molar-refractivity contribution in [3.63, 3.8) is 0 Å². The predicted octanol–water partition coefficient (Wildman–Crippen LogP) is 3.26. The molecule has 4 rings (SSSR count). The van der Waals surface area contributed by atoms with Crippen molar-refractivity contribution in [1.29, 1.82) is 0 Å². The summed E-state index contributed by atoms with van der Waals surface area (Å²) in [6.45, 7) is 2.20. The number of piperidine rings is 1. The summed E-state index contributed by atoms with van der Waals surface area (Å²) >= 11 is 0. The van der Waals surface area contributed by atoms with Crippen molar-refractivity contribution in [3.8, 4) is 0 Å². The molecule has 1 saturated heterocycles. The Labute approximate surface area is 170 Å². The van der Waals surface area contributed by atoms with Gasteiger partial charge in [0.15, 0.2) is 0 Å². The number of aromatic nitrogens is 2. The number of amides is 1. The fourth-order valence-electron chi connectivity index (χ4n) is 4.09. The van der Waals surface area contributed by atoms with Gasteiger partial charge < -0.3 is 14.4 Å². The van der Waals surface area contributed by atoms with Crippen LogP contribution < -0.4 is 4.90 Å². The number of nitrogens with zero attached hydrogens (tertiary/aromatic N) is 4. The number of rotatable bonds is 5. The van der Waals surface area contributed by atoms with E-state index in [4.69, 9.17) is 0 Å². The van der Waals surface area contributed by atoms with E-state index >= 15 is 0 Å². The van der Waals surface area contributed by atoms with E-state index in [1.165, 1.54) is 0 Å². The summed E-state index contributed by atoms with van der Waals surface area (Å²) in [7, 11) is 3.86. The van der Waals surface area contributed by atoms with E-state index in [2.05, 4.69) is 14.5 Å². The fourth-order valence-corrected chi connectivity index (χ4v) is 4.09. The summed E-state index contributed by atoms with van der Waals surface area (Å²) in [5.41, 5.74) is 3.83. The summed E-state index contributed by atoms with van der Waals surface area (Å²) in [5, 5.41) is 0. The minimum Gasteiger partial charge on any atom is -0.371 e. The third-order valence-electron chi connectivity index (χ3n) is 5.87. The maximum Gasteiger partial charge on any atom is 0.225 e. The molecule has 1 aliphatic rings. The van der Waals surface area contributed by atoms with Crippen molar-refractivity contribution >= 4 is 28.9 Å². The molecule has 150 valence electrons. The van der Waals surface area contributed by atoms with Crippen LogP contribution in [0.3, 0.4) is 0 Å². The van der Waals surface area contributed by atoms with Gasteiger partial charge in [-0.25, -0.2) is 4.98 Å². The van der Waals surface area contributed by atoms with Gasteiger partial charge in [-0.1, -0.05) is 12.1 Å². The number of aryl methyl sites for hydroxylation is 1. The number of hydrogen-bond acceptors (Lipinski definition) is 4. The first-order valence-electron chi connectivity index (χ1n) is 10.0. The summed E-state index contributed by atoms with van der Waals surface area (Å²) in [6.07, 6.45) is 2.53. The highest BCUT2D eigenvalue weighted by Crippen LogP contribution is 2.25. The molecule has 6 heteroatoms. The predicted molar refractivity (Wildman–Crippen MR) is 114 cm³/mol. The molecule has 0 atom stereocenters. The zero-order valence-electron chi connectivity index (χ0n) is 16.9. The molecule has 0 spiro atoms. The van der Waals surface area contributed by atoms with Gasteiger partial charge in [-0.2, -0.15) is 0 Å². The number of benzene rings is 2. The first-order chi connectivity index (χ1) is 14.1. The molecule has 0 saturated carbocycles. The molecular formula is C23H26N4O2. The van der Waals surface area contributed by atoms with Gasteiger partial charge in [-0.15, -0.1) is 0 Å². The number of aldehydes is 1. The van der Waals surface area contributed by atoms with E-state index < -0.39 is 0 Å². The van der Waals surface area contributed by atoms with Crippen molar-refractivity contribution in [2.45, 2.75) is 19.4 Å². The average Bonchev–Trinajstić information content (AvgIpc) is 3.09. The van der Waals surface area contributed by atoms with E-state index in [1.54, 1.807) is 4.90 Å². The molecule has 0 unspecified atom stereocenters. The van der Waals surface area contributed by atoms with Crippen molar-refractivity contribution in [1.82, 2.24) is 14.5 Å². The Bertz CT molecular complexity index is 1020. The van der Waals surface area contributed by atoms with Crippen molar-refractivity contribution < 1.29 is 9.59 Å². The van der Waals surface area contributed by atoms with Crippen LogP contribution in [0.15, 0.2) is 48.5 Å². The molecule has 0 bridgehead atoms. The summed E-state index contributed by atoms with van der Waals surface area (Å²) in [5.74, 6) is 1.13. The number of anilines is 1. The summed E-state index contributed by atoms with van der Waals surface area (Å²) in [4.78, 5) is 32.6. The highest BCUT2D eigenvalue weighted by atomic mass is 16.2. The molecule has 1 aromatic heterocycles. The Morgan fingerprint density at radius 2 is 1.83 bits per heavy atom. The third kappa shape index (κ3) is 3.88. The Kier molecular flexibility index (Phi) is 5.34. The number of carbonyl (C=O) groups excluding carboxylic acids is 2. The molecule has 0 aliphatic carbocycles. The second kappa shape index (κ2) is 8.07. The van der Waals surface area contributed by atoms with Gasteiger partial charge in [-0.05, 0) is 49.2 Å². The smallest absolute Gasteiger partial charge is 0.225 e. The number of carbonyl (C=O) groups is 2. The molecule has 0 N–H and O–H groups in total. The first-order valence-corrected chi connectivity index (χ1v) is 10.0. The maximum absolute atomic E-state index is 13.0. The standard InChI is InChI=1S/C23H26N4O2/c1-25(15-22-24-20-5-3-4-6-21(20)26(22)2)23(29)18-11-13-27(14-12-18)19-9-7-17(16-28)8-10-19/h3-10,16,18H,11-15H2,1-2H3. The zero-order valence-corrected chi connectivity index (χ0v) is 16.9. The molecule has 3 aromatic rings. The van der Waals surface area contributed by atoms with Crippen LogP contribution >= 0.6 is 0 Å². The van der Waals surface area contributed by atoms with Gasteiger partial charge in [0.05, 0.1) is 17.6 Å². The lowest BCUT2D eigenvalue weighted by molar-refractivity contribution is -0.135. The van der Waals surface area contributed by atoms with Crippen molar-refractivity contribution in [2.75, 3.05) is 25.0 Å². The van der Waals surface area contributed by atoms with Gasteiger partial charge in [0.2, 0.25) is 5.91 Å². The molecule has 6 nitrogen and oxygen atoms in total. The SMILES string of the molecule is CN(Cc1nc2ccccc2n1C)C(=O)C1CCN(c2ccc(C=O)cc2)CC1. The summed E-state index contributed by atoms with van der Waals surface area (Å²) in [6, 6.07) is 15.7. The van der Waals surface area contributed by atoms with Gasteiger partial charge in [-0.3, -0.25) is 9.59 Å². The molecule has 2 aromatic carbocycles. The topological polar surface area (TPSA) is 58.4 Å². The Balaban J connectivity index is 1.37. The van der Waals surface area contributed by atoms with Crippen LogP contribution in [0.1, 0.15) is 29.0 Å². The minimum absolute atomic E-state index is 0.0418. The number of imidazole rings is 1. The highest BCUT2D eigenvalue weighted by Gasteiger charge is 2.28. The van der Waals surface area contributed by atoms with E-state index in [0.717, 1.165) is 54.8 Å². The quantitative estimate of drug-likeness (QED) is 0.628. The molecule has 1 amide bonds. The summed E-state index contributed by atoms with van der Waals surface area (Å²) < 4.78 is 2.06. The van der Waals surface area contributed by atoms with Gasteiger partial charge in [0.1, 0.15) is 12.1 Å². The first kappa shape index (κ1) is 19.2. The molecule has 2 heterocycles. The van der Waals surface area contributed by atoms with E-state index in [1.807, 2.05) is 62.6 Å². The van der Waals surface area contributed by atoms with Crippen LogP contribution in [0.5, 0.6) is 0 Å². The second-order valence-corrected chi connectivity index (χ2v) is 7.74. The minimum atomic E-state index is 0.0418. The van der Waals surface area contributed by atoms with Gasteiger partial charge in [0, 0.05) is 44.4 Å². The highest BCUT2D eigenvalue weighted by molar-refractivity contribution is 5.80. The van der Waals surface area contributed by atoms with Gasteiger partial charge in [0.25, 0.3) is 0 Å². The zero-order chi connectivity index (χ0) is 20.4. The van der Waals surface area contributed by atoms with Crippen LogP contribution in [0, 0.1) is 5.92 Å². The normalized spacial score (nSPS) is 14.9. The lowest BCUT2D eigenvalue weighted by Gasteiger charge is -2.34. The van der Waals surface area contributed by atoms with E-state index in [9.17, 15) is 9.59 Å². The second-order valence-electron chi connectivity index (χ2n) is 7.74. The third-order valence-corrected chi connectivity index (χ3v) is 5.87. The van der Waals surface area contributed by atoms with E-state index in [-0.39, 0.29) is 11.8 Å². The van der Waals surface area contributed by atoms with Crippen molar-refractivity contribution in [3.05, 3.63) is 59.9 Å². The lowest BCUT2D eigenvalue weighted by atomic mass is 9.95. The van der Waals surface area contributed by atoms with Crippen LogP contribution in [-0.4, -0.2) is 46.8 Å². The fraction of sp³-hybridized carbons (Fsp3) is 0.348. The Morgan fingerprint density at radius 1 is 1.14 bits per heavy atom.